The van der Waals surface area contributed by atoms with Crippen LogP contribution in [0, 0.1) is 23.7 Å². The molecule has 0 unspecified atom stereocenters. The maximum atomic E-state index is 14.3. The van der Waals surface area contributed by atoms with Gasteiger partial charge in [-0.15, -0.1) is 11.3 Å². The lowest BCUT2D eigenvalue weighted by Gasteiger charge is -2.47. The fraction of sp³-hybridized carbons (Fsp3) is 0.775. The molecule has 0 spiro atoms. The normalized spacial score (nSPS) is 38.0. The van der Waals surface area contributed by atoms with Crippen LogP contribution < -0.4 is 5.32 Å². The van der Waals surface area contributed by atoms with Gasteiger partial charge in [-0.2, -0.15) is 0 Å². The van der Waals surface area contributed by atoms with E-state index in [1.54, 1.807) is 46.0 Å². The summed E-state index contributed by atoms with van der Waals surface area (Å²) in [7, 11) is 5.23. The molecule has 1 aromatic heterocycles. The number of likely N-dealkylation sites (N-methyl/N-ethyl adjacent to an activating group) is 1. The molecule has 2 N–H and O–H groups in total. The summed E-state index contributed by atoms with van der Waals surface area (Å²) in [6, 6.07) is 3.76. The zero-order chi connectivity index (χ0) is 41.5. The molecule has 1 aromatic rings. The van der Waals surface area contributed by atoms with Gasteiger partial charge in [0.15, 0.2) is 30.4 Å². The summed E-state index contributed by atoms with van der Waals surface area (Å²) >= 11 is 1.67. The average Bonchev–Trinajstić information content (AvgIpc) is 3.79. The maximum Gasteiger partial charge on any atom is 0.509 e. The molecular weight excluding hydrogens is 747 g/mol. The van der Waals surface area contributed by atoms with E-state index in [0.29, 0.717) is 18.7 Å². The monoisotopic (exact) mass is 809 g/mol. The van der Waals surface area contributed by atoms with Crippen LogP contribution in [0.25, 0.3) is 0 Å². The number of amides is 1. The largest absolute Gasteiger partial charge is 0.509 e. The van der Waals surface area contributed by atoms with Crippen LogP contribution in [0.1, 0.15) is 86.0 Å². The summed E-state index contributed by atoms with van der Waals surface area (Å²) in [6.07, 6.45) is -3.87. The second-order valence-corrected chi connectivity index (χ2v) is 17.2. The second-order valence-electron chi connectivity index (χ2n) is 16.2. The van der Waals surface area contributed by atoms with Crippen LogP contribution in [0.4, 0.5) is 4.79 Å². The molecule has 0 aromatic carbocycles. The molecule has 4 rings (SSSR count). The molecule has 0 aliphatic carbocycles. The van der Waals surface area contributed by atoms with Crippen LogP contribution in [0.3, 0.4) is 0 Å². The van der Waals surface area contributed by atoms with Crippen LogP contribution in [-0.4, -0.2) is 128 Å². The number of cyclic esters (lactones) is 1. The van der Waals surface area contributed by atoms with Crippen molar-refractivity contribution in [3.8, 4) is 0 Å². The molecule has 0 radical (unpaired) electrons. The number of hydrogen-bond donors (Lipinski definition) is 2. The van der Waals surface area contributed by atoms with Crippen molar-refractivity contribution >= 4 is 40.9 Å². The van der Waals surface area contributed by atoms with Gasteiger partial charge < -0.3 is 48.6 Å². The Morgan fingerprint density at radius 1 is 1.11 bits per heavy atom. The number of ether oxygens (including phenoxy) is 6. The number of fused-ring (bicyclic) bond motifs is 1. The number of Topliss-reactive ketones (excluding diaryl/α,β-unsaturated/α-hetero) is 1. The number of rotatable bonds is 12. The Hall–Kier alpha value is -3.15. The quantitative estimate of drug-likeness (QED) is 0.130. The standard InChI is InChI=1S/C40H63N3O12S/c1-12-29-40(8)35(54-38(48)55-40)24(4)31(42-50-21-30(44)41-17-13-15-27-16-14-18-56-27)22(2)20-39(7,49-11)34(25(5)32(45)26(6)36(47)52-29)53-37-33(46)28(43(9)10)19-23(3)51-37/h14,16,18,22-26,28-29,33-35,37,46H,12-13,15,17,19-21H2,1-11H3,(H,41,44)/b42-31+/t22-,23-,24+,25+,26-,28+,29-,33-,34-,35-,37+,39+,40-/m1/s1. The number of nitrogens with one attached hydrogen (secondary N) is 1. The van der Waals surface area contributed by atoms with Crippen LogP contribution in [0.15, 0.2) is 22.7 Å². The van der Waals surface area contributed by atoms with Crippen LogP contribution in [0.2, 0.25) is 0 Å². The summed E-state index contributed by atoms with van der Waals surface area (Å²) < 4.78 is 36.6. The number of oxime groups is 1. The fourth-order valence-corrected chi connectivity index (χ4v) is 9.15. The molecular formula is C40H63N3O12S. The number of aryl methyl sites for hydroxylation is 1. The Morgan fingerprint density at radius 3 is 2.45 bits per heavy atom. The molecule has 16 heteroatoms. The van der Waals surface area contributed by atoms with E-state index < -0.39 is 83.5 Å². The predicted molar refractivity (Wildman–Crippen MR) is 208 cm³/mol. The Balaban J connectivity index is 1.71. The topological polar surface area (TPSA) is 181 Å². The number of nitrogens with zero attached hydrogens (tertiary/aromatic N) is 2. The van der Waals surface area contributed by atoms with E-state index in [4.69, 9.17) is 33.3 Å². The fourth-order valence-electron chi connectivity index (χ4n) is 8.39. The molecule has 3 saturated heterocycles. The number of carbonyl (C=O) groups is 4. The lowest BCUT2D eigenvalue weighted by atomic mass is 9.74. The molecule has 56 heavy (non-hydrogen) atoms. The molecule has 3 aliphatic rings. The Morgan fingerprint density at radius 2 is 1.82 bits per heavy atom. The Kier molecular flexibility index (Phi) is 15.9. The van der Waals surface area contributed by atoms with Crippen molar-refractivity contribution in [2.45, 2.75) is 142 Å². The Labute approximate surface area is 335 Å². The van der Waals surface area contributed by atoms with E-state index in [0.717, 1.165) is 12.8 Å². The summed E-state index contributed by atoms with van der Waals surface area (Å²) in [5, 5.41) is 20.9. The highest BCUT2D eigenvalue weighted by molar-refractivity contribution is 7.09. The van der Waals surface area contributed by atoms with Gasteiger partial charge in [0.05, 0.1) is 23.5 Å². The molecule has 15 nitrogen and oxygen atoms in total. The molecule has 13 atom stereocenters. The Bertz CT molecular complexity index is 1530. The molecule has 316 valence electrons. The number of aliphatic hydroxyl groups is 1. The molecule has 0 saturated carbocycles. The maximum absolute atomic E-state index is 14.3. The third-order valence-electron chi connectivity index (χ3n) is 11.7. The smallest absolute Gasteiger partial charge is 0.457 e. The van der Waals surface area contributed by atoms with E-state index in [2.05, 4.69) is 16.5 Å². The minimum Gasteiger partial charge on any atom is -0.457 e. The van der Waals surface area contributed by atoms with Crippen LogP contribution in [-0.2, 0) is 54.1 Å². The minimum atomic E-state index is -1.47. The van der Waals surface area contributed by atoms with E-state index in [9.17, 15) is 24.3 Å². The van der Waals surface area contributed by atoms with Gasteiger partial charge in [0.1, 0.15) is 18.1 Å². The van der Waals surface area contributed by atoms with E-state index in [1.807, 2.05) is 44.3 Å². The molecule has 3 fully saturated rings. The van der Waals surface area contributed by atoms with Crippen LogP contribution in [0.5, 0.6) is 0 Å². The van der Waals surface area contributed by atoms with Crippen molar-refractivity contribution in [1.29, 1.82) is 0 Å². The summed E-state index contributed by atoms with van der Waals surface area (Å²) in [5.74, 6) is -5.02. The van der Waals surface area contributed by atoms with Crippen molar-refractivity contribution in [3.05, 3.63) is 22.4 Å². The summed E-state index contributed by atoms with van der Waals surface area (Å²) in [5.41, 5.74) is -2.32. The SMILES string of the molecule is CC[C@H]1OC(=O)[C@H](C)C(=O)[C@H](C)[C@@H](O[C@@H]2O[C@H](C)C[C@H](N(C)C)[C@H]2O)[C@@](C)(OC)C[C@@H](C)/C(=N\OCC(=O)NCCCc2cccs2)[C@H](C)[C@H]2OC(=O)O[C@@]21C. The number of aliphatic hydroxyl groups excluding tert-OH is 1. The van der Waals surface area contributed by atoms with Gasteiger partial charge in [0, 0.05) is 42.3 Å². The van der Waals surface area contributed by atoms with Gasteiger partial charge in [-0.1, -0.05) is 38.9 Å². The first-order chi connectivity index (χ1) is 26.4. The molecule has 1 amide bonds. The second kappa shape index (κ2) is 19.5. The van der Waals surface area contributed by atoms with Gasteiger partial charge in [-0.25, -0.2) is 4.79 Å². The third kappa shape index (κ3) is 10.5. The minimum absolute atomic E-state index is 0.178. The van der Waals surface area contributed by atoms with E-state index in [-0.39, 0.29) is 37.5 Å². The number of carbonyl (C=O) groups excluding carboxylic acids is 4. The third-order valence-corrected chi connectivity index (χ3v) is 12.6. The highest BCUT2D eigenvalue weighted by Gasteiger charge is 2.58. The van der Waals surface area contributed by atoms with Gasteiger partial charge in [0.2, 0.25) is 0 Å². The highest BCUT2D eigenvalue weighted by atomic mass is 32.1. The van der Waals surface area contributed by atoms with Gasteiger partial charge in [-0.3, -0.25) is 14.4 Å². The van der Waals surface area contributed by atoms with Gasteiger partial charge >= 0.3 is 12.1 Å². The molecule has 3 aliphatic heterocycles. The van der Waals surface area contributed by atoms with Crippen molar-refractivity contribution < 1.29 is 57.5 Å². The summed E-state index contributed by atoms with van der Waals surface area (Å²) in [6.45, 7) is 14.0. The zero-order valence-electron chi connectivity index (χ0n) is 34.8. The molecule has 4 heterocycles. The van der Waals surface area contributed by atoms with E-state index >= 15 is 0 Å². The lowest BCUT2D eigenvalue weighted by Crippen LogP contribution is -2.59. The van der Waals surface area contributed by atoms with Crippen molar-refractivity contribution in [1.82, 2.24) is 10.2 Å². The van der Waals surface area contributed by atoms with Crippen molar-refractivity contribution in [2.75, 3.05) is 34.4 Å². The summed E-state index contributed by atoms with van der Waals surface area (Å²) in [4.78, 5) is 62.6. The average molecular weight is 810 g/mol. The first kappa shape index (κ1) is 45.6. The van der Waals surface area contributed by atoms with Crippen molar-refractivity contribution in [2.24, 2.45) is 28.8 Å². The number of methoxy groups -OCH3 is 1. The number of ketones is 1. The van der Waals surface area contributed by atoms with Crippen LogP contribution >= 0.6 is 11.3 Å². The van der Waals surface area contributed by atoms with Gasteiger partial charge in [0.25, 0.3) is 5.91 Å². The van der Waals surface area contributed by atoms with E-state index in [1.165, 1.54) is 18.9 Å². The number of hydrogen-bond acceptors (Lipinski definition) is 15. The lowest BCUT2D eigenvalue weighted by molar-refractivity contribution is -0.295. The predicted octanol–water partition coefficient (Wildman–Crippen LogP) is 4.52. The number of thiophene rings is 1. The first-order valence-electron chi connectivity index (χ1n) is 19.7. The number of esters is 1. The molecule has 0 bridgehead atoms. The van der Waals surface area contributed by atoms with Gasteiger partial charge in [-0.05, 0) is 85.3 Å². The zero-order valence-corrected chi connectivity index (χ0v) is 35.6. The van der Waals surface area contributed by atoms with Crippen molar-refractivity contribution in [3.63, 3.8) is 0 Å². The first-order valence-corrected chi connectivity index (χ1v) is 20.6. The highest BCUT2D eigenvalue weighted by Crippen LogP contribution is 2.42.